The molecule has 0 N–H and O–H groups in total. The second kappa shape index (κ2) is 5.16. The van der Waals surface area contributed by atoms with Crippen LogP contribution in [0.1, 0.15) is 5.56 Å². The first-order chi connectivity index (χ1) is 8.57. The van der Waals surface area contributed by atoms with Crippen LogP contribution in [0.5, 0.6) is 0 Å². The van der Waals surface area contributed by atoms with Crippen LogP contribution in [0.15, 0.2) is 29.2 Å². The summed E-state index contributed by atoms with van der Waals surface area (Å²) in [6, 6.07) is 4.65. The highest BCUT2D eigenvalue weighted by atomic mass is 32.2. The molecule has 0 fully saturated rings. The average molecular weight is 300 g/mol. The lowest BCUT2D eigenvalue weighted by Crippen LogP contribution is -2.39. The fraction of sp³-hybridized carbons (Fsp3) is 0.300. The molecule has 1 aromatic rings. The molecule has 0 bridgehead atoms. The van der Waals surface area contributed by atoms with Crippen molar-refractivity contribution in [3.8, 4) is 0 Å². The summed E-state index contributed by atoms with van der Waals surface area (Å²) in [6.07, 6.45) is -4.35. The Kier molecular flexibility index (Phi) is 4.18. The third-order valence-electron chi connectivity index (χ3n) is 2.04. The Bertz CT molecular complexity index is 566. The topological polar surface area (TPSA) is 60.4 Å². The van der Waals surface area contributed by atoms with Crippen molar-refractivity contribution in [2.24, 2.45) is 0 Å². The molecule has 0 aliphatic carbocycles. The lowest BCUT2D eigenvalue weighted by atomic mass is 10.2. The van der Waals surface area contributed by atoms with Gasteiger partial charge in [0.05, 0.1) is 0 Å². The van der Waals surface area contributed by atoms with Gasteiger partial charge in [0.15, 0.2) is 0 Å². The SMILES string of the molecule is Cc1ccc(S(=O)(=O)OC(=O)C(F)(F)C(F)F)cc1. The zero-order valence-electron chi connectivity index (χ0n) is 9.44. The summed E-state index contributed by atoms with van der Waals surface area (Å²) in [7, 11) is -4.86. The molecule has 0 aromatic heterocycles. The second-order valence-electron chi connectivity index (χ2n) is 3.56. The van der Waals surface area contributed by atoms with Gasteiger partial charge in [-0.2, -0.15) is 17.2 Å². The molecule has 0 aliphatic rings. The fourth-order valence-electron chi connectivity index (χ4n) is 0.997. The van der Waals surface area contributed by atoms with E-state index in [-0.39, 0.29) is 0 Å². The van der Waals surface area contributed by atoms with Crippen molar-refractivity contribution in [3.05, 3.63) is 29.8 Å². The molecule has 0 radical (unpaired) electrons. The van der Waals surface area contributed by atoms with Crippen LogP contribution >= 0.6 is 0 Å². The maximum Gasteiger partial charge on any atom is 0.402 e. The van der Waals surface area contributed by atoms with Crippen molar-refractivity contribution in [2.75, 3.05) is 0 Å². The summed E-state index contributed by atoms with van der Waals surface area (Å²) >= 11 is 0. The van der Waals surface area contributed by atoms with E-state index in [1.165, 1.54) is 12.1 Å². The number of hydrogen-bond donors (Lipinski definition) is 0. The molecule has 1 aromatic carbocycles. The van der Waals surface area contributed by atoms with Crippen LogP contribution in [0, 0.1) is 6.92 Å². The van der Waals surface area contributed by atoms with Gasteiger partial charge in [-0.15, -0.1) is 0 Å². The van der Waals surface area contributed by atoms with E-state index in [1.807, 2.05) is 0 Å². The number of carbonyl (C=O) groups is 1. The smallest absolute Gasteiger partial charge is 0.337 e. The molecule has 0 aliphatic heterocycles. The minimum absolute atomic E-state index is 0.587. The van der Waals surface area contributed by atoms with E-state index in [0.29, 0.717) is 5.56 Å². The van der Waals surface area contributed by atoms with Crippen LogP contribution in [0.2, 0.25) is 0 Å². The second-order valence-corrected chi connectivity index (χ2v) is 5.11. The Balaban J connectivity index is 2.98. The van der Waals surface area contributed by atoms with E-state index in [9.17, 15) is 30.8 Å². The van der Waals surface area contributed by atoms with Crippen LogP contribution in [-0.2, 0) is 19.1 Å². The number of alkyl halides is 4. The van der Waals surface area contributed by atoms with Crippen LogP contribution in [-0.4, -0.2) is 26.7 Å². The Hall–Kier alpha value is -1.64. The monoisotopic (exact) mass is 300 g/mol. The summed E-state index contributed by atoms with van der Waals surface area (Å²) in [6.45, 7) is 1.63. The first kappa shape index (κ1) is 15.4. The van der Waals surface area contributed by atoms with E-state index in [0.717, 1.165) is 12.1 Å². The average Bonchev–Trinajstić information content (AvgIpc) is 2.28. The zero-order valence-corrected chi connectivity index (χ0v) is 10.3. The predicted octanol–water partition coefficient (Wildman–Crippen LogP) is 2.13. The Morgan fingerprint density at radius 3 is 2.11 bits per heavy atom. The Morgan fingerprint density at radius 2 is 1.68 bits per heavy atom. The van der Waals surface area contributed by atoms with E-state index in [4.69, 9.17) is 0 Å². The summed E-state index contributed by atoms with van der Waals surface area (Å²) in [5.41, 5.74) is 0.670. The van der Waals surface area contributed by atoms with Crippen LogP contribution < -0.4 is 0 Å². The number of rotatable bonds is 4. The molecule has 106 valence electrons. The highest BCUT2D eigenvalue weighted by Crippen LogP contribution is 2.26. The molecule has 0 amide bonds. The first-order valence-electron chi connectivity index (χ1n) is 4.79. The van der Waals surface area contributed by atoms with E-state index in [1.54, 1.807) is 6.92 Å². The van der Waals surface area contributed by atoms with Gasteiger partial charge >= 0.3 is 28.4 Å². The number of halogens is 4. The molecule has 0 heterocycles. The van der Waals surface area contributed by atoms with Crippen molar-refractivity contribution < 1.29 is 35.0 Å². The van der Waals surface area contributed by atoms with Crippen LogP contribution in [0.4, 0.5) is 17.6 Å². The summed E-state index contributed by atoms with van der Waals surface area (Å²) in [5.74, 6) is -8.00. The van der Waals surface area contributed by atoms with E-state index < -0.39 is 33.3 Å². The minimum atomic E-state index is -5.18. The largest absolute Gasteiger partial charge is 0.402 e. The molecular formula is C10H8F4O4S. The van der Waals surface area contributed by atoms with Gasteiger partial charge in [0.2, 0.25) is 0 Å². The van der Waals surface area contributed by atoms with Gasteiger partial charge in [0.1, 0.15) is 4.90 Å². The van der Waals surface area contributed by atoms with Crippen LogP contribution in [0.3, 0.4) is 0 Å². The molecule has 1 rings (SSSR count). The number of hydrogen-bond acceptors (Lipinski definition) is 4. The predicted molar refractivity (Wildman–Crippen MR) is 55.4 cm³/mol. The number of carbonyl (C=O) groups excluding carboxylic acids is 1. The molecule has 0 unspecified atom stereocenters. The zero-order chi connectivity index (χ0) is 14.8. The molecule has 19 heavy (non-hydrogen) atoms. The third-order valence-corrected chi connectivity index (χ3v) is 3.26. The molecule has 9 heteroatoms. The van der Waals surface area contributed by atoms with E-state index >= 15 is 0 Å². The van der Waals surface area contributed by atoms with Gasteiger partial charge < -0.3 is 4.18 Å². The first-order valence-corrected chi connectivity index (χ1v) is 6.20. The van der Waals surface area contributed by atoms with Crippen molar-refractivity contribution in [1.82, 2.24) is 0 Å². The lowest BCUT2D eigenvalue weighted by molar-refractivity contribution is -0.184. The van der Waals surface area contributed by atoms with Gasteiger partial charge in [0, 0.05) is 0 Å². The Labute approximate surface area is 106 Å². The van der Waals surface area contributed by atoms with Crippen molar-refractivity contribution >= 4 is 16.1 Å². The fourth-order valence-corrected chi connectivity index (χ4v) is 1.87. The van der Waals surface area contributed by atoms with Gasteiger partial charge in [-0.1, -0.05) is 17.7 Å². The molecule has 0 atom stereocenters. The third kappa shape index (κ3) is 3.43. The maximum atomic E-state index is 12.6. The van der Waals surface area contributed by atoms with Crippen molar-refractivity contribution in [3.63, 3.8) is 0 Å². The number of benzene rings is 1. The highest BCUT2D eigenvalue weighted by Gasteiger charge is 2.52. The summed E-state index contributed by atoms with van der Waals surface area (Å²) in [4.78, 5) is 10.1. The summed E-state index contributed by atoms with van der Waals surface area (Å²) in [5, 5.41) is 0. The van der Waals surface area contributed by atoms with Crippen molar-refractivity contribution in [1.29, 1.82) is 0 Å². The normalized spacial score (nSPS) is 12.5. The Morgan fingerprint density at radius 1 is 1.21 bits per heavy atom. The van der Waals surface area contributed by atoms with Gasteiger partial charge in [-0.05, 0) is 19.1 Å². The van der Waals surface area contributed by atoms with Crippen LogP contribution in [0.25, 0.3) is 0 Å². The van der Waals surface area contributed by atoms with Gasteiger partial charge in [-0.25, -0.2) is 13.6 Å². The van der Waals surface area contributed by atoms with Crippen molar-refractivity contribution in [2.45, 2.75) is 24.2 Å². The molecule has 0 saturated carbocycles. The standard InChI is InChI=1S/C10H8F4O4S/c1-6-2-4-7(5-3-6)19(16,17)18-9(15)10(13,14)8(11)12/h2-5,8H,1H3. The summed E-state index contributed by atoms with van der Waals surface area (Å²) < 4.78 is 75.1. The van der Waals surface area contributed by atoms with E-state index in [2.05, 4.69) is 4.18 Å². The molecule has 4 nitrogen and oxygen atoms in total. The molecule has 0 spiro atoms. The van der Waals surface area contributed by atoms with Gasteiger partial charge in [0.25, 0.3) is 0 Å². The molecular weight excluding hydrogens is 292 g/mol. The highest BCUT2D eigenvalue weighted by molar-refractivity contribution is 7.87. The quantitative estimate of drug-likeness (QED) is 0.631. The minimum Gasteiger partial charge on any atom is -0.337 e. The number of aryl methyl sites for hydroxylation is 1. The lowest BCUT2D eigenvalue weighted by Gasteiger charge is -2.13. The van der Waals surface area contributed by atoms with Gasteiger partial charge in [-0.3, -0.25) is 0 Å². The molecule has 0 saturated heterocycles. The maximum absolute atomic E-state index is 12.6.